The molecule has 4 aromatic rings. The molecule has 190 valence electrons. The lowest BCUT2D eigenvalue weighted by Crippen LogP contribution is -2.44. The Labute approximate surface area is 222 Å². The van der Waals surface area contributed by atoms with E-state index >= 15 is 0 Å². The topological polar surface area (TPSA) is 130 Å². The maximum atomic E-state index is 13.5. The molecule has 1 aliphatic heterocycles. The third-order valence-corrected chi connectivity index (χ3v) is 6.44. The fraction of sp³-hybridized carbons (Fsp3) is 0.111. The highest BCUT2D eigenvalue weighted by Gasteiger charge is 2.35. The monoisotopic (exact) mass is 528 g/mol. The number of aromatic carboxylic acids is 1. The van der Waals surface area contributed by atoms with E-state index < -0.39 is 17.9 Å². The zero-order valence-corrected chi connectivity index (χ0v) is 20.6. The van der Waals surface area contributed by atoms with Crippen LogP contribution >= 0.6 is 11.6 Å². The number of anilines is 1. The van der Waals surface area contributed by atoms with Crippen LogP contribution < -0.4 is 5.32 Å². The first-order valence-electron chi connectivity index (χ1n) is 11.6. The van der Waals surface area contributed by atoms with Gasteiger partial charge < -0.3 is 15.3 Å². The number of aromatic nitrogens is 4. The molecule has 1 aromatic heterocycles. The summed E-state index contributed by atoms with van der Waals surface area (Å²) in [5.41, 5.74) is 3.50. The van der Waals surface area contributed by atoms with Crippen molar-refractivity contribution < 1.29 is 19.5 Å². The molecule has 38 heavy (non-hydrogen) atoms. The number of fused-ring (bicyclic) bond motifs is 1. The first-order chi connectivity index (χ1) is 18.4. The smallest absolute Gasteiger partial charge is 0.335 e. The van der Waals surface area contributed by atoms with Crippen molar-refractivity contribution in [2.24, 2.45) is 0 Å². The molecule has 1 unspecified atom stereocenters. The number of hydrogen-bond donors (Lipinski definition) is 2. The fourth-order valence-corrected chi connectivity index (χ4v) is 4.57. The highest BCUT2D eigenvalue weighted by molar-refractivity contribution is 6.30. The standard InChI is InChI=1S/C27H21ClN6O4/c28-20-8-11-23(34-16-29-31-32-34)19(15-20)7-12-24(35)33-14-13-17-3-1-2-4-22(17)25(33)26(36)30-21-9-5-18(6-10-21)27(37)38/h1-12,15-16,25H,13-14H2,(H,30,36)(H,37,38). The van der Waals surface area contributed by atoms with Crippen molar-refractivity contribution in [3.05, 3.63) is 106 Å². The number of carbonyl (C=O) groups excluding carboxylic acids is 2. The number of carboxylic acid groups (broad SMARTS) is 1. The van der Waals surface area contributed by atoms with Gasteiger partial charge in [0.05, 0.1) is 11.3 Å². The minimum Gasteiger partial charge on any atom is -0.478 e. The summed E-state index contributed by atoms with van der Waals surface area (Å²) in [6.07, 6.45) is 5.05. The molecule has 11 heteroatoms. The van der Waals surface area contributed by atoms with Crippen molar-refractivity contribution in [1.82, 2.24) is 25.1 Å². The molecule has 2 N–H and O–H groups in total. The van der Waals surface area contributed by atoms with E-state index in [1.807, 2.05) is 24.3 Å². The van der Waals surface area contributed by atoms with Crippen molar-refractivity contribution in [3.8, 4) is 5.69 Å². The van der Waals surface area contributed by atoms with Crippen molar-refractivity contribution in [3.63, 3.8) is 0 Å². The molecular formula is C27H21ClN6O4. The van der Waals surface area contributed by atoms with Gasteiger partial charge in [-0.25, -0.2) is 4.79 Å². The number of carbonyl (C=O) groups is 3. The Bertz CT molecular complexity index is 1540. The molecule has 0 fully saturated rings. The summed E-state index contributed by atoms with van der Waals surface area (Å²) in [6.45, 7) is 0.339. The molecule has 1 atom stereocenters. The van der Waals surface area contributed by atoms with Crippen LogP contribution in [-0.2, 0) is 16.0 Å². The van der Waals surface area contributed by atoms with Crippen LogP contribution in [0.2, 0.25) is 5.02 Å². The average Bonchev–Trinajstić information content (AvgIpc) is 3.46. The van der Waals surface area contributed by atoms with E-state index in [1.165, 1.54) is 46.3 Å². The van der Waals surface area contributed by atoms with Gasteiger partial charge in [0, 0.05) is 28.9 Å². The molecular weight excluding hydrogens is 508 g/mol. The number of nitrogens with one attached hydrogen (secondary N) is 1. The Kier molecular flexibility index (Phi) is 6.96. The number of carboxylic acids is 1. The molecule has 0 aliphatic carbocycles. The van der Waals surface area contributed by atoms with Crippen LogP contribution in [-0.4, -0.2) is 54.5 Å². The molecule has 2 heterocycles. The second-order valence-electron chi connectivity index (χ2n) is 8.55. The van der Waals surface area contributed by atoms with Crippen LogP contribution in [0.4, 0.5) is 5.69 Å². The first-order valence-corrected chi connectivity index (χ1v) is 12.0. The lowest BCUT2D eigenvalue weighted by atomic mass is 9.91. The SMILES string of the molecule is O=C(O)c1ccc(NC(=O)C2c3ccccc3CCN2C(=O)C=Cc2cc(Cl)ccc2-n2cnnn2)cc1. The predicted molar refractivity (Wildman–Crippen MR) is 140 cm³/mol. The van der Waals surface area contributed by atoms with Crippen molar-refractivity contribution in [2.45, 2.75) is 12.5 Å². The van der Waals surface area contributed by atoms with Gasteiger partial charge in [0.25, 0.3) is 5.91 Å². The van der Waals surface area contributed by atoms with Crippen molar-refractivity contribution in [1.29, 1.82) is 0 Å². The summed E-state index contributed by atoms with van der Waals surface area (Å²) in [6, 6.07) is 17.6. The Morgan fingerprint density at radius 3 is 2.58 bits per heavy atom. The van der Waals surface area contributed by atoms with E-state index in [2.05, 4.69) is 20.8 Å². The van der Waals surface area contributed by atoms with Gasteiger partial charge >= 0.3 is 5.97 Å². The molecule has 2 amide bonds. The molecule has 10 nitrogen and oxygen atoms in total. The normalized spacial score (nSPS) is 14.8. The van der Waals surface area contributed by atoms with Gasteiger partial charge in [-0.1, -0.05) is 35.9 Å². The van der Waals surface area contributed by atoms with Gasteiger partial charge in [-0.15, -0.1) is 5.10 Å². The van der Waals surface area contributed by atoms with Gasteiger partial charge in [0.2, 0.25) is 5.91 Å². The van der Waals surface area contributed by atoms with Gasteiger partial charge in [-0.2, -0.15) is 4.68 Å². The number of nitrogens with zero attached hydrogens (tertiary/aromatic N) is 5. The van der Waals surface area contributed by atoms with E-state index in [9.17, 15) is 14.4 Å². The summed E-state index contributed by atoms with van der Waals surface area (Å²) < 4.78 is 1.46. The van der Waals surface area contributed by atoms with Crippen molar-refractivity contribution in [2.75, 3.05) is 11.9 Å². The van der Waals surface area contributed by atoms with Crippen LogP contribution in [0, 0.1) is 0 Å². The van der Waals surface area contributed by atoms with Crippen LogP contribution in [0.15, 0.2) is 79.1 Å². The number of rotatable bonds is 6. The zero-order valence-electron chi connectivity index (χ0n) is 19.9. The quantitative estimate of drug-likeness (QED) is 0.364. The largest absolute Gasteiger partial charge is 0.478 e. The minimum atomic E-state index is -1.06. The fourth-order valence-electron chi connectivity index (χ4n) is 4.39. The van der Waals surface area contributed by atoms with Gasteiger partial charge in [-0.05, 0) is 76.5 Å². The summed E-state index contributed by atoms with van der Waals surface area (Å²) in [4.78, 5) is 39.6. The second kappa shape index (κ2) is 10.7. The first kappa shape index (κ1) is 24.8. The molecule has 3 aromatic carbocycles. The van der Waals surface area contributed by atoms with Gasteiger partial charge in [-0.3, -0.25) is 9.59 Å². The van der Waals surface area contributed by atoms with Crippen LogP contribution in [0.1, 0.15) is 33.1 Å². The maximum Gasteiger partial charge on any atom is 0.335 e. The number of hydrogen-bond acceptors (Lipinski definition) is 6. The van der Waals surface area contributed by atoms with Crippen LogP contribution in [0.5, 0.6) is 0 Å². The lowest BCUT2D eigenvalue weighted by molar-refractivity contribution is -0.135. The second-order valence-corrected chi connectivity index (χ2v) is 8.98. The summed E-state index contributed by atoms with van der Waals surface area (Å²) >= 11 is 6.19. The Hall–Kier alpha value is -4.83. The summed E-state index contributed by atoms with van der Waals surface area (Å²) in [5, 5.41) is 23.6. The summed E-state index contributed by atoms with van der Waals surface area (Å²) in [7, 11) is 0. The average molecular weight is 529 g/mol. The van der Waals surface area contributed by atoms with E-state index in [1.54, 1.807) is 24.3 Å². The Balaban J connectivity index is 1.43. The minimum absolute atomic E-state index is 0.106. The number of benzene rings is 3. The maximum absolute atomic E-state index is 13.5. The molecule has 0 saturated heterocycles. The van der Waals surface area contributed by atoms with E-state index in [0.717, 1.165) is 11.1 Å². The van der Waals surface area contributed by atoms with Gasteiger partial charge in [0.15, 0.2) is 0 Å². The van der Waals surface area contributed by atoms with E-state index in [0.29, 0.717) is 34.9 Å². The molecule has 1 aliphatic rings. The van der Waals surface area contributed by atoms with Crippen LogP contribution in [0.25, 0.3) is 11.8 Å². The Morgan fingerprint density at radius 1 is 1.05 bits per heavy atom. The highest BCUT2D eigenvalue weighted by atomic mass is 35.5. The molecule has 0 radical (unpaired) electrons. The molecule has 0 spiro atoms. The number of tetrazole rings is 1. The van der Waals surface area contributed by atoms with Gasteiger partial charge in [0.1, 0.15) is 12.4 Å². The highest BCUT2D eigenvalue weighted by Crippen LogP contribution is 2.31. The Morgan fingerprint density at radius 2 is 1.84 bits per heavy atom. The van der Waals surface area contributed by atoms with Crippen molar-refractivity contribution >= 4 is 41.1 Å². The number of halogens is 1. The van der Waals surface area contributed by atoms with E-state index in [4.69, 9.17) is 16.7 Å². The lowest BCUT2D eigenvalue weighted by Gasteiger charge is -2.35. The van der Waals surface area contributed by atoms with E-state index in [-0.39, 0.29) is 11.5 Å². The predicted octanol–water partition coefficient (Wildman–Crippen LogP) is 3.79. The molecule has 0 saturated carbocycles. The van der Waals surface area contributed by atoms with Crippen LogP contribution in [0.3, 0.4) is 0 Å². The molecule has 0 bridgehead atoms. The summed E-state index contributed by atoms with van der Waals surface area (Å²) in [5.74, 6) is -1.82. The number of amides is 2. The molecule has 5 rings (SSSR count). The zero-order chi connectivity index (χ0) is 26.6. The third-order valence-electron chi connectivity index (χ3n) is 6.21. The third kappa shape index (κ3) is 5.16.